The summed E-state index contributed by atoms with van der Waals surface area (Å²) in [6.07, 6.45) is 2.54. The number of nitrogens with one attached hydrogen (secondary N) is 1. The van der Waals surface area contributed by atoms with E-state index in [-0.39, 0.29) is 11.8 Å². The van der Waals surface area contributed by atoms with Crippen molar-refractivity contribution in [1.29, 1.82) is 0 Å². The second-order valence-electron chi connectivity index (χ2n) is 5.89. The number of rotatable bonds is 6. The van der Waals surface area contributed by atoms with Crippen molar-refractivity contribution in [3.8, 4) is 11.5 Å². The Kier molecular flexibility index (Phi) is 5.50. The molecule has 0 aromatic carbocycles. The van der Waals surface area contributed by atoms with Crippen LogP contribution in [0.25, 0.3) is 11.5 Å². The number of carbonyl (C=O) groups is 1. The minimum absolute atomic E-state index is 0.0322. The van der Waals surface area contributed by atoms with E-state index in [1.54, 1.807) is 18.3 Å². The van der Waals surface area contributed by atoms with Gasteiger partial charge in [-0.2, -0.15) is 4.98 Å². The molecule has 0 unspecified atom stereocenters. The van der Waals surface area contributed by atoms with Gasteiger partial charge < -0.3 is 19.6 Å². The molecule has 0 radical (unpaired) electrons. The molecule has 1 saturated heterocycles. The zero-order chi connectivity index (χ0) is 16.8. The molecular formula is C16H22N6O2. The van der Waals surface area contributed by atoms with Crippen LogP contribution >= 0.6 is 0 Å². The van der Waals surface area contributed by atoms with Crippen LogP contribution in [-0.2, 0) is 0 Å². The van der Waals surface area contributed by atoms with Crippen molar-refractivity contribution in [3.63, 3.8) is 0 Å². The van der Waals surface area contributed by atoms with E-state index in [0.717, 1.165) is 39.1 Å². The number of nitrogens with zero attached hydrogens (tertiary/aromatic N) is 5. The third kappa shape index (κ3) is 4.36. The van der Waals surface area contributed by atoms with E-state index in [0.29, 0.717) is 18.1 Å². The van der Waals surface area contributed by atoms with E-state index in [9.17, 15) is 4.79 Å². The van der Waals surface area contributed by atoms with Gasteiger partial charge in [0.1, 0.15) is 5.69 Å². The Balaban J connectivity index is 1.42. The first kappa shape index (κ1) is 16.5. The smallest absolute Gasteiger partial charge is 0.316 e. The van der Waals surface area contributed by atoms with Crippen LogP contribution in [0, 0.1) is 0 Å². The molecule has 0 atom stereocenters. The van der Waals surface area contributed by atoms with E-state index >= 15 is 0 Å². The van der Waals surface area contributed by atoms with Gasteiger partial charge >= 0.3 is 11.8 Å². The van der Waals surface area contributed by atoms with Crippen molar-refractivity contribution in [2.75, 3.05) is 46.3 Å². The maximum absolute atomic E-state index is 12.0. The molecule has 0 saturated carbocycles. The molecule has 1 fully saturated rings. The van der Waals surface area contributed by atoms with Gasteiger partial charge in [0.2, 0.25) is 5.82 Å². The summed E-state index contributed by atoms with van der Waals surface area (Å²) in [5.74, 6) is -0.0588. The monoisotopic (exact) mass is 330 g/mol. The SMILES string of the molecule is CN1CCN(CCCNC(=O)c2nc(-c3ccccn3)no2)CC1. The molecule has 0 spiro atoms. The molecule has 2 aromatic heterocycles. The molecule has 128 valence electrons. The second kappa shape index (κ2) is 7.98. The average Bonchev–Trinajstić information content (AvgIpc) is 3.11. The van der Waals surface area contributed by atoms with Crippen LogP contribution in [0.4, 0.5) is 0 Å². The summed E-state index contributed by atoms with van der Waals surface area (Å²) in [6, 6.07) is 5.40. The van der Waals surface area contributed by atoms with Crippen molar-refractivity contribution < 1.29 is 9.32 Å². The highest BCUT2D eigenvalue weighted by Crippen LogP contribution is 2.11. The van der Waals surface area contributed by atoms with Crippen LogP contribution in [0.1, 0.15) is 17.1 Å². The van der Waals surface area contributed by atoms with Gasteiger partial charge in [-0.3, -0.25) is 9.78 Å². The topological polar surface area (TPSA) is 87.4 Å². The number of aromatic nitrogens is 3. The normalized spacial score (nSPS) is 16.2. The number of amides is 1. The summed E-state index contributed by atoms with van der Waals surface area (Å²) in [5, 5.41) is 6.61. The zero-order valence-electron chi connectivity index (χ0n) is 13.8. The Morgan fingerprint density at radius 1 is 1.29 bits per heavy atom. The van der Waals surface area contributed by atoms with Crippen molar-refractivity contribution in [2.24, 2.45) is 0 Å². The predicted octanol–water partition coefficient (Wildman–Crippen LogP) is 0.499. The molecule has 3 heterocycles. The van der Waals surface area contributed by atoms with Crippen LogP contribution in [-0.4, -0.2) is 77.1 Å². The summed E-state index contributed by atoms with van der Waals surface area (Å²) in [5.41, 5.74) is 0.579. The minimum atomic E-state index is -0.344. The first-order chi connectivity index (χ1) is 11.7. The summed E-state index contributed by atoms with van der Waals surface area (Å²) < 4.78 is 5.01. The number of hydrogen-bond acceptors (Lipinski definition) is 7. The molecular weight excluding hydrogens is 308 g/mol. The standard InChI is InChI=1S/C16H22N6O2/c1-21-9-11-22(12-10-21)8-4-7-18-15(23)16-19-14(20-24-16)13-5-2-3-6-17-13/h2-3,5-6H,4,7-12H2,1H3,(H,18,23). The molecule has 8 heteroatoms. The Bertz CT molecular complexity index is 652. The fraction of sp³-hybridized carbons (Fsp3) is 0.500. The van der Waals surface area contributed by atoms with Gasteiger partial charge in [-0.1, -0.05) is 11.2 Å². The van der Waals surface area contributed by atoms with Gasteiger partial charge in [0.05, 0.1) is 0 Å². The lowest BCUT2D eigenvalue weighted by Crippen LogP contribution is -2.45. The molecule has 1 aliphatic heterocycles. The Hall–Kier alpha value is -2.32. The summed E-state index contributed by atoms with van der Waals surface area (Å²) >= 11 is 0. The fourth-order valence-electron chi connectivity index (χ4n) is 2.57. The van der Waals surface area contributed by atoms with Crippen molar-refractivity contribution in [3.05, 3.63) is 30.3 Å². The van der Waals surface area contributed by atoms with Crippen molar-refractivity contribution in [2.45, 2.75) is 6.42 Å². The highest BCUT2D eigenvalue weighted by Gasteiger charge is 2.17. The molecule has 0 aliphatic carbocycles. The largest absolute Gasteiger partial charge is 0.348 e. The third-order valence-electron chi connectivity index (χ3n) is 4.05. The van der Waals surface area contributed by atoms with Gasteiger partial charge in [0, 0.05) is 38.9 Å². The minimum Gasteiger partial charge on any atom is -0.348 e. The molecule has 24 heavy (non-hydrogen) atoms. The summed E-state index contributed by atoms with van der Waals surface area (Å²) in [6.45, 7) is 5.95. The van der Waals surface area contributed by atoms with E-state index in [2.05, 4.69) is 37.3 Å². The number of likely N-dealkylation sites (N-methyl/N-ethyl adjacent to an activating group) is 1. The van der Waals surface area contributed by atoms with Crippen molar-refractivity contribution in [1.82, 2.24) is 30.2 Å². The lowest BCUT2D eigenvalue weighted by molar-refractivity contribution is 0.0906. The van der Waals surface area contributed by atoms with E-state index in [1.807, 2.05) is 6.07 Å². The van der Waals surface area contributed by atoms with Crippen LogP contribution in [0.15, 0.2) is 28.9 Å². The van der Waals surface area contributed by atoms with E-state index in [1.165, 1.54) is 0 Å². The number of hydrogen-bond donors (Lipinski definition) is 1. The summed E-state index contributed by atoms with van der Waals surface area (Å²) in [4.78, 5) is 25.0. The van der Waals surface area contributed by atoms with Gasteiger partial charge in [-0.25, -0.2) is 0 Å². The quantitative estimate of drug-likeness (QED) is 0.772. The second-order valence-corrected chi connectivity index (χ2v) is 5.89. The number of carbonyl (C=O) groups excluding carboxylic acids is 1. The highest BCUT2D eigenvalue weighted by molar-refractivity contribution is 5.89. The van der Waals surface area contributed by atoms with Gasteiger partial charge in [-0.15, -0.1) is 0 Å². The molecule has 3 rings (SSSR count). The Morgan fingerprint density at radius 2 is 2.12 bits per heavy atom. The average molecular weight is 330 g/mol. The fourth-order valence-corrected chi connectivity index (χ4v) is 2.57. The Morgan fingerprint density at radius 3 is 2.88 bits per heavy atom. The number of piperazine rings is 1. The maximum Gasteiger partial charge on any atom is 0.316 e. The highest BCUT2D eigenvalue weighted by atomic mass is 16.5. The molecule has 8 nitrogen and oxygen atoms in total. The third-order valence-corrected chi connectivity index (χ3v) is 4.05. The van der Waals surface area contributed by atoms with Crippen LogP contribution in [0.5, 0.6) is 0 Å². The zero-order valence-corrected chi connectivity index (χ0v) is 13.8. The molecule has 0 bridgehead atoms. The first-order valence-electron chi connectivity index (χ1n) is 8.16. The van der Waals surface area contributed by atoms with Gasteiger partial charge in [0.25, 0.3) is 0 Å². The molecule has 1 aliphatic rings. The molecule has 2 aromatic rings. The Labute approximate surface area is 140 Å². The summed E-state index contributed by atoms with van der Waals surface area (Å²) in [7, 11) is 2.14. The van der Waals surface area contributed by atoms with Crippen LogP contribution in [0.3, 0.4) is 0 Å². The van der Waals surface area contributed by atoms with E-state index < -0.39 is 0 Å². The predicted molar refractivity (Wildman–Crippen MR) is 88.4 cm³/mol. The van der Waals surface area contributed by atoms with Gasteiger partial charge in [-0.05, 0) is 32.1 Å². The number of pyridine rings is 1. The molecule has 1 amide bonds. The van der Waals surface area contributed by atoms with Crippen LogP contribution in [0.2, 0.25) is 0 Å². The lowest BCUT2D eigenvalue weighted by atomic mass is 10.3. The lowest BCUT2D eigenvalue weighted by Gasteiger charge is -2.32. The maximum atomic E-state index is 12.0. The first-order valence-corrected chi connectivity index (χ1v) is 8.16. The van der Waals surface area contributed by atoms with Crippen molar-refractivity contribution >= 4 is 5.91 Å². The van der Waals surface area contributed by atoms with E-state index in [4.69, 9.17) is 4.52 Å². The molecule has 1 N–H and O–H groups in total. The van der Waals surface area contributed by atoms with Crippen LogP contribution < -0.4 is 5.32 Å². The van der Waals surface area contributed by atoms with Gasteiger partial charge in [0.15, 0.2) is 0 Å².